The van der Waals surface area contributed by atoms with Gasteiger partial charge in [-0.15, -0.1) is 0 Å². The zero-order valence-corrected chi connectivity index (χ0v) is 12.1. The Labute approximate surface area is 120 Å². The molecule has 0 bridgehead atoms. The number of nitrogens with zero attached hydrogens (tertiary/aromatic N) is 2. The van der Waals surface area contributed by atoms with Gasteiger partial charge in [0.1, 0.15) is 0 Å². The second-order valence-electron chi connectivity index (χ2n) is 6.12. The minimum absolute atomic E-state index is 0.0407. The molecule has 0 aromatic heterocycles. The quantitative estimate of drug-likeness (QED) is 0.825. The molecule has 106 valence electrons. The van der Waals surface area contributed by atoms with E-state index in [1.807, 2.05) is 7.05 Å². The molecule has 0 N–H and O–H groups in total. The van der Waals surface area contributed by atoms with Crippen LogP contribution in [0.2, 0.25) is 0 Å². The molecule has 2 aliphatic rings. The lowest BCUT2D eigenvalue weighted by Gasteiger charge is -2.39. The molecule has 1 aromatic rings. The van der Waals surface area contributed by atoms with Gasteiger partial charge in [0.2, 0.25) is 5.91 Å². The van der Waals surface area contributed by atoms with Crippen LogP contribution in [0.4, 0.5) is 0 Å². The van der Waals surface area contributed by atoms with E-state index >= 15 is 0 Å². The molecule has 2 aliphatic heterocycles. The summed E-state index contributed by atoms with van der Waals surface area (Å²) in [4.78, 5) is 16.1. The number of piperidine rings is 1. The summed E-state index contributed by atoms with van der Waals surface area (Å²) < 4.78 is 0. The third kappa shape index (κ3) is 2.27. The largest absolute Gasteiger partial charge is 0.319 e. The van der Waals surface area contributed by atoms with E-state index in [0.29, 0.717) is 6.42 Å². The lowest BCUT2D eigenvalue weighted by molar-refractivity contribution is -0.126. The van der Waals surface area contributed by atoms with Crippen LogP contribution in [0, 0.1) is 5.41 Å². The zero-order chi connectivity index (χ0) is 14.2. The molecule has 0 unspecified atom stereocenters. The number of carbonyl (C=O) groups is 1. The van der Waals surface area contributed by atoms with Crippen molar-refractivity contribution in [3.05, 3.63) is 48.2 Å². The molecule has 1 spiro atoms. The fourth-order valence-electron chi connectivity index (χ4n) is 3.46. The molecule has 3 rings (SSSR count). The van der Waals surface area contributed by atoms with E-state index in [1.54, 1.807) is 4.90 Å². The molecule has 20 heavy (non-hydrogen) atoms. The molecule has 2 heterocycles. The SMILES string of the molecule is C=C1N(C)C(=O)CC12CCN(Cc1ccccc1)CC2. The Morgan fingerprint density at radius 3 is 2.40 bits per heavy atom. The molecule has 0 saturated carbocycles. The van der Waals surface area contributed by atoms with E-state index < -0.39 is 0 Å². The van der Waals surface area contributed by atoms with Crippen molar-refractivity contribution in [3.63, 3.8) is 0 Å². The topological polar surface area (TPSA) is 23.6 Å². The minimum atomic E-state index is 0.0407. The molecular formula is C17H22N2O. The van der Waals surface area contributed by atoms with Crippen LogP contribution in [0.25, 0.3) is 0 Å². The van der Waals surface area contributed by atoms with Gasteiger partial charge in [-0.3, -0.25) is 9.69 Å². The highest BCUT2D eigenvalue weighted by Crippen LogP contribution is 2.47. The first-order valence-corrected chi connectivity index (χ1v) is 7.33. The summed E-state index contributed by atoms with van der Waals surface area (Å²) in [7, 11) is 1.86. The summed E-state index contributed by atoms with van der Waals surface area (Å²) in [5, 5.41) is 0. The number of likely N-dealkylation sites (tertiary alicyclic amines) is 2. The van der Waals surface area contributed by atoms with Gasteiger partial charge in [0.05, 0.1) is 0 Å². The Kier molecular flexibility index (Phi) is 3.38. The predicted octanol–water partition coefficient (Wildman–Crippen LogP) is 2.64. The molecule has 3 heteroatoms. The van der Waals surface area contributed by atoms with Crippen LogP contribution < -0.4 is 0 Å². The number of rotatable bonds is 2. The smallest absolute Gasteiger partial charge is 0.227 e. The van der Waals surface area contributed by atoms with Crippen molar-refractivity contribution in [3.8, 4) is 0 Å². The van der Waals surface area contributed by atoms with E-state index in [-0.39, 0.29) is 11.3 Å². The van der Waals surface area contributed by atoms with Gasteiger partial charge < -0.3 is 4.90 Å². The van der Waals surface area contributed by atoms with Crippen molar-refractivity contribution in [1.82, 2.24) is 9.80 Å². The maximum absolute atomic E-state index is 11.9. The van der Waals surface area contributed by atoms with Gasteiger partial charge in [0.15, 0.2) is 0 Å². The lowest BCUT2D eigenvalue weighted by Crippen LogP contribution is -2.39. The Morgan fingerprint density at radius 2 is 1.85 bits per heavy atom. The first-order chi connectivity index (χ1) is 9.61. The number of benzene rings is 1. The number of carbonyl (C=O) groups excluding carboxylic acids is 1. The van der Waals surface area contributed by atoms with Crippen LogP contribution in [0.15, 0.2) is 42.6 Å². The maximum atomic E-state index is 11.9. The minimum Gasteiger partial charge on any atom is -0.319 e. The van der Waals surface area contributed by atoms with E-state index in [2.05, 4.69) is 41.8 Å². The summed E-state index contributed by atoms with van der Waals surface area (Å²) in [5.74, 6) is 0.228. The van der Waals surface area contributed by atoms with Crippen molar-refractivity contribution in [1.29, 1.82) is 0 Å². The van der Waals surface area contributed by atoms with Gasteiger partial charge in [-0.05, 0) is 31.5 Å². The maximum Gasteiger partial charge on any atom is 0.227 e. The number of hydrogen-bond acceptors (Lipinski definition) is 2. The summed E-state index contributed by atoms with van der Waals surface area (Å²) >= 11 is 0. The van der Waals surface area contributed by atoms with Crippen LogP contribution in [0.3, 0.4) is 0 Å². The molecule has 0 atom stereocenters. The summed E-state index contributed by atoms with van der Waals surface area (Å²) in [6, 6.07) is 10.6. The van der Waals surface area contributed by atoms with Gasteiger partial charge in [-0.1, -0.05) is 36.9 Å². The molecule has 2 fully saturated rings. The first kappa shape index (κ1) is 13.4. The normalized spacial score (nSPS) is 22.8. The van der Waals surface area contributed by atoms with Gasteiger partial charge in [0, 0.05) is 31.1 Å². The third-order valence-electron chi connectivity index (χ3n) is 4.94. The molecule has 0 aliphatic carbocycles. The van der Waals surface area contributed by atoms with Crippen molar-refractivity contribution < 1.29 is 4.79 Å². The van der Waals surface area contributed by atoms with Crippen molar-refractivity contribution in [2.45, 2.75) is 25.8 Å². The number of allylic oxidation sites excluding steroid dienone is 1. The van der Waals surface area contributed by atoms with Crippen LogP contribution in [0.5, 0.6) is 0 Å². The molecule has 2 saturated heterocycles. The van der Waals surface area contributed by atoms with Crippen LogP contribution in [-0.4, -0.2) is 35.8 Å². The number of hydrogen-bond donors (Lipinski definition) is 0. The highest BCUT2D eigenvalue weighted by atomic mass is 16.2. The third-order valence-corrected chi connectivity index (χ3v) is 4.94. The van der Waals surface area contributed by atoms with Crippen LogP contribution in [-0.2, 0) is 11.3 Å². The lowest BCUT2D eigenvalue weighted by atomic mass is 9.75. The second-order valence-corrected chi connectivity index (χ2v) is 6.12. The van der Waals surface area contributed by atoms with E-state index in [4.69, 9.17) is 0 Å². The summed E-state index contributed by atoms with van der Waals surface area (Å²) in [5.41, 5.74) is 2.43. The monoisotopic (exact) mass is 270 g/mol. The Bertz CT molecular complexity index is 515. The fourth-order valence-corrected chi connectivity index (χ4v) is 3.46. The van der Waals surface area contributed by atoms with Crippen LogP contribution >= 0.6 is 0 Å². The average molecular weight is 270 g/mol. The Hall–Kier alpha value is -1.61. The van der Waals surface area contributed by atoms with Gasteiger partial charge in [0.25, 0.3) is 0 Å². The first-order valence-electron chi connectivity index (χ1n) is 7.33. The average Bonchev–Trinajstić information content (AvgIpc) is 2.68. The highest BCUT2D eigenvalue weighted by Gasteiger charge is 2.46. The van der Waals surface area contributed by atoms with E-state index in [9.17, 15) is 4.79 Å². The Balaban J connectivity index is 1.63. The number of amides is 1. The van der Waals surface area contributed by atoms with E-state index in [1.165, 1.54) is 5.56 Å². The zero-order valence-electron chi connectivity index (χ0n) is 12.1. The van der Waals surface area contributed by atoms with Crippen molar-refractivity contribution in [2.24, 2.45) is 5.41 Å². The summed E-state index contributed by atoms with van der Waals surface area (Å²) in [6.07, 6.45) is 2.75. The van der Waals surface area contributed by atoms with Gasteiger partial charge in [-0.2, -0.15) is 0 Å². The molecule has 3 nitrogen and oxygen atoms in total. The molecule has 1 amide bonds. The van der Waals surface area contributed by atoms with Gasteiger partial charge >= 0.3 is 0 Å². The standard InChI is InChI=1S/C17H22N2O/c1-14-17(12-16(20)18(14)2)8-10-19(11-9-17)13-15-6-4-3-5-7-15/h3-7H,1,8-13H2,2H3. The summed E-state index contributed by atoms with van der Waals surface area (Å²) in [6.45, 7) is 7.27. The molecule has 0 radical (unpaired) electrons. The second kappa shape index (κ2) is 5.06. The molecular weight excluding hydrogens is 248 g/mol. The van der Waals surface area contributed by atoms with E-state index in [0.717, 1.165) is 38.2 Å². The van der Waals surface area contributed by atoms with Crippen molar-refractivity contribution >= 4 is 5.91 Å². The Morgan fingerprint density at radius 1 is 1.20 bits per heavy atom. The van der Waals surface area contributed by atoms with Gasteiger partial charge in [-0.25, -0.2) is 0 Å². The van der Waals surface area contributed by atoms with Crippen LogP contribution in [0.1, 0.15) is 24.8 Å². The van der Waals surface area contributed by atoms with Crippen molar-refractivity contribution in [2.75, 3.05) is 20.1 Å². The highest BCUT2D eigenvalue weighted by molar-refractivity contribution is 5.82. The predicted molar refractivity (Wildman–Crippen MR) is 79.9 cm³/mol. The molecule has 1 aromatic carbocycles. The fraction of sp³-hybridized carbons (Fsp3) is 0.471.